The lowest BCUT2D eigenvalue weighted by Gasteiger charge is -2.10. The molecule has 4 rings (SSSR count). The highest BCUT2D eigenvalue weighted by Crippen LogP contribution is 2.39. The third-order valence-corrected chi connectivity index (χ3v) is 5.51. The third-order valence-electron chi connectivity index (χ3n) is 5.51. The number of pyridine rings is 1. The summed E-state index contributed by atoms with van der Waals surface area (Å²) >= 11 is 0. The summed E-state index contributed by atoms with van der Waals surface area (Å²) < 4.78 is 39.0. The highest BCUT2D eigenvalue weighted by Gasteiger charge is 2.43. The van der Waals surface area contributed by atoms with Crippen LogP contribution in [0.4, 0.5) is 24.8 Å². The number of halogens is 3. The van der Waals surface area contributed by atoms with Crippen molar-refractivity contribution in [3.8, 4) is 0 Å². The summed E-state index contributed by atoms with van der Waals surface area (Å²) in [6.07, 6.45) is 1.46. The summed E-state index contributed by atoms with van der Waals surface area (Å²) in [5, 5.41) is 11.2. The van der Waals surface area contributed by atoms with Crippen LogP contribution in [-0.2, 0) is 0 Å². The fraction of sp³-hybridized carbons (Fsp3) is 0.348. The minimum Gasteiger partial charge on any atom is -0.351 e. The predicted octanol–water partition coefficient (Wildman–Crippen LogP) is 5.21. The summed E-state index contributed by atoms with van der Waals surface area (Å²) in [6.45, 7) is 7.25. The van der Waals surface area contributed by atoms with Gasteiger partial charge in [-0.25, -0.2) is 23.1 Å². The molecule has 0 aliphatic heterocycles. The van der Waals surface area contributed by atoms with Crippen molar-refractivity contribution in [2.75, 3.05) is 11.9 Å². The lowest BCUT2D eigenvalue weighted by atomic mass is 10.1. The second kappa shape index (κ2) is 8.29. The zero-order chi connectivity index (χ0) is 23.0. The van der Waals surface area contributed by atoms with E-state index in [-0.39, 0.29) is 17.8 Å². The molecule has 0 amide bonds. The molecule has 0 unspecified atom stereocenters. The number of allylic oxidation sites excluding steroid dienone is 2. The molecule has 0 bridgehead atoms. The van der Waals surface area contributed by atoms with Crippen molar-refractivity contribution < 1.29 is 13.2 Å². The maximum atomic E-state index is 13.8. The summed E-state index contributed by atoms with van der Waals surface area (Å²) in [4.78, 5) is 17.6. The van der Waals surface area contributed by atoms with Gasteiger partial charge in [0.2, 0.25) is 12.4 Å². The molecule has 1 saturated carbocycles. The topological polar surface area (TPSA) is 86.9 Å². The van der Waals surface area contributed by atoms with Crippen LogP contribution in [0.2, 0.25) is 0 Å². The Hall–Kier alpha value is -3.36. The van der Waals surface area contributed by atoms with Gasteiger partial charge in [-0.15, -0.1) is 0 Å². The zero-order valence-electron chi connectivity index (χ0n) is 17.8. The predicted molar refractivity (Wildman–Crippen MR) is 119 cm³/mol. The van der Waals surface area contributed by atoms with Crippen molar-refractivity contribution in [1.29, 1.82) is 5.41 Å². The van der Waals surface area contributed by atoms with Gasteiger partial charge in [-0.05, 0) is 50.5 Å². The van der Waals surface area contributed by atoms with E-state index in [0.29, 0.717) is 58.4 Å². The average molecular weight is 440 g/mol. The largest absolute Gasteiger partial charge is 0.351 e. The van der Waals surface area contributed by atoms with E-state index in [1.165, 1.54) is 0 Å². The van der Waals surface area contributed by atoms with Crippen LogP contribution in [0.3, 0.4) is 0 Å². The molecule has 2 aromatic heterocycles. The molecule has 0 saturated heterocycles. The molecule has 2 aromatic rings. The zero-order valence-corrected chi connectivity index (χ0v) is 17.8. The monoisotopic (exact) mass is 440 g/mol. The van der Waals surface area contributed by atoms with E-state index in [1.807, 2.05) is 0 Å². The summed E-state index contributed by atoms with van der Waals surface area (Å²) in [7, 11) is 0. The van der Waals surface area contributed by atoms with Gasteiger partial charge in [0.1, 0.15) is 11.4 Å². The molecule has 2 N–H and O–H groups in total. The first kappa shape index (κ1) is 21.9. The number of aryl methyl sites for hydroxylation is 1. The van der Waals surface area contributed by atoms with E-state index >= 15 is 0 Å². The Kier molecular flexibility index (Phi) is 5.66. The van der Waals surface area contributed by atoms with Gasteiger partial charge in [0, 0.05) is 29.5 Å². The van der Waals surface area contributed by atoms with Crippen molar-refractivity contribution in [1.82, 2.24) is 15.0 Å². The first-order valence-corrected chi connectivity index (χ1v) is 10.3. The van der Waals surface area contributed by atoms with Crippen LogP contribution in [0.15, 0.2) is 41.6 Å². The molecular weight excluding hydrogens is 417 g/mol. The molecule has 2 aliphatic rings. The van der Waals surface area contributed by atoms with Crippen LogP contribution < -0.4 is 5.32 Å². The smallest absolute Gasteiger partial charge is 0.242 e. The van der Waals surface area contributed by atoms with Crippen molar-refractivity contribution in [3.05, 3.63) is 59.2 Å². The summed E-state index contributed by atoms with van der Waals surface area (Å²) in [5.74, 6) is 0.292. The Morgan fingerprint density at radius 3 is 2.72 bits per heavy atom. The summed E-state index contributed by atoms with van der Waals surface area (Å²) in [6, 6.07) is 3.52. The number of fused-ring (bicyclic) bond motifs is 1. The molecule has 9 heteroatoms. The van der Waals surface area contributed by atoms with Gasteiger partial charge >= 0.3 is 0 Å². The minimum absolute atomic E-state index is 0.158. The molecule has 0 aromatic carbocycles. The molecule has 1 fully saturated rings. The lowest BCUT2D eigenvalue weighted by molar-refractivity contribution is 0.150. The quantitative estimate of drug-likeness (QED) is 0.552. The maximum absolute atomic E-state index is 13.8. The number of rotatable bonds is 8. The molecule has 0 spiro atoms. The second-order valence-electron chi connectivity index (χ2n) is 8.13. The molecule has 0 atom stereocenters. The van der Waals surface area contributed by atoms with Crippen LogP contribution >= 0.6 is 0 Å². The van der Waals surface area contributed by atoms with Gasteiger partial charge in [-0.1, -0.05) is 6.58 Å². The van der Waals surface area contributed by atoms with E-state index in [2.05, 4.69) is 31.8 Å². The van der Waals surface area contributed by atoms with E-state index in [4.69, 9.17) is 5.41 Å². The molecule has 32 heavy (non-hydrogen) atoms. The number of alkyl halides is 3. The molecule has 0 radical (unpaired) electrons. The number of hydrogen-bond acceptors (Lipinski definition) is 6. The maximum Gasteiger partial charge on any atom is 0.242 e. The van der Waals surface area contributed by atoms with Gasteiger partial charge in [-0.3, -0.25) is 15.4 Å². The SMILES string of the molecule is C=C(CC(F)F)C(C)=Nc1ccc(C2=CC(=N)c3nc(NCC4(F)CC4)ncc32)nc1C. The van der Waals surface area contributed by atoms with Crippen LogP contribution in [0.25, 0.3) is 5.57 Å². The second-order valence-corrected chi connectivity index (χ2v) is 8.13. The number of nitrogens with one attached hydrogen (secondary N) is 2. The number of hydrogen-bond donors (Lipinski definition) is 2. The Bertz CT molecular complexity index is 1160. The van der Waals surface area contributed by atoms with Crippen molar-refractivity contribution in [2.24, 2.45) is 4.99 Å². The number of aliphatic imine (C=N–C) groups is 1. The highest BCUT2D eigenvalue weighted by molar-refractivity contribution is 6.18. The van der Waals surface area contributed by atoms with E-state index in [9.17, 15) is 13.2 Å². The Morgan fingerprint density at radius 2 is 2.06 bits per heavy atom. The van der Waals surface area contributed by atoms with Crippen LogP contribution in [0, 0.1) is 12.3 Å². The van der Waals surface area contributed by atoms with Crippen LogP contribution in [0.1, 0.15) is 48.8 Å². The van der Waals surface area contributed by atoms with Gasteiger partial charge in [0.15, 0.2) is 0 Å². The summed E-state index contributed by atoms with van der Waals surface area (Å²) in [5.41, 5.74) is 3.41. The fourth-order valence-electron chi connectivity index (χ4n) is 3.34. The van der Waals surface area contributed by atoms with E-state index < -0.39 is 18.5 Å². The first-order valence-electron chi connectivity index (χ1n) is 10.3. The van der Waals surface area contributed by atoms with Gasteiger partial charge < -0.3 is 5.32 Å². The van der Waals surface area contributed by atoms with Crippen molar-refractivity contribution in [2.45, 2.75) is 45.2 Å². The Labute approximate surface area is 183 Å². The standard InChI is InChI=1S/C23H23F3N6/c1-12(8-20(24)25)13(2)30-18-4-5-19(31-14(18)3)15-9-17(27)21-16(15)10-28-22(32-21)29-11-23(26)6-7-23/h4-5,9-10,20,27H,1,6-8,11H2,2-3H3,(H,28,29,32). The van der Waals surface area contributed by atoms with Gasteiger partial charge in [0.05, 0.1) is 29.3 Å². The third kappa shape index (κ3) is 4.61. The molecular formula is C23H23F3N6. The first-order chi connectivity index (χ1) is 15.1. The Morgan fingerprint density at radius 1 is 1.31 bits per heavy atom. The van der Waals surface area contributed by atoms with E-state index in [0.717, 1.165) is 0 Å². The molecule has 166 valence electrons. The molecule has 6 nitrogen and oxygen atoms in total. The van der Waals surface area contributed by atoms with Crippen LogP contribution in [0.5, 0.6) is 0 Å². The van der Waals surface area contributed by atoms with Crippen molar-refractivity contribution in [3.63, 3.8) is 0 Å². The van der Waals surface area contributed by atoms with Gasteiger partial charge in [-0.2, -0.15) is 0 Å². The molecule has 2 aliphatic carbocycles. The van der Waals surface area contributed by atoms with Crippen LogP contribution in [-0.4, -0.2) is 45.0 Å². The number of aromatic nitrogens is 3. The Balaban J connectivity index is 1.55. The normalized spacial score (nSPS) is 16.8. The van der Waals surface area contributed by atoms with Crippen molar-refractivity contribution >= 4 is 28.6 Å². The lowest BCUT2D eigenvalue weighted by Crippen LogP contribution is -2.18. The average Bonchev–Trinajstić information content (AvgIpc) is 3.39. The minimum atomic E-state index is -2.47. The molecule has 2 heterocycles. The fourth-order valence-corrected chi connectivity index (χ4v) is 3.34. The highest BCUT2D eigenvalue weighted by atomic mass is 19.3. The number of anilines is 1. The number of nitrogens with zero attached hydrogens (tertiary/aromatic N) is 4. The van der Waals surface area contributed by atoms with E-state index in [1.54, 1.807) is 38.3 Å². The van der Waals surface area contributed by atoms with Gasteiger partial charge in [0.25, 0.3) is 0 Å².